The second-order valence-electron chi connectivity index (χ2n) is 5.98. The normalized spacial score (nSPS) is 11.4. The largest absolute Gasteiger partial charge is 0.376 e. The van der Waals surface area contributed by atoms with E-state index in [1.807, 2.05) is 19.1 Å². The van der Waals surface area contributed by atoms with Crippen molar-refractivity contribution in [1.82, 2.24) is 4.31 Å². The Kier molecular flexibility index (Phi) is 7.24. The molecule has 146 valence electrons. The number of halogens is 1. The number of nitrogens with one attached hydrogen (secondary N) is 2. The first kappa shape index (κ1) is 21.2. The van der Waals surface area contributed by atoms with Crippen molar-refractivity contribution in [1.29, 1.82) is 0 Å². The number of hydrogen-bond acceptors (Lipinski definition) is 4. The topological polar surface area (TPSA) is 78.5 Å². The number of rotatable bonds is 8. The van der Waals surface area contributed by atoms with Crippen LogP contribution in [-0.2, 0) is 14.8 Å². The second kappa shape index (κ2) is 9.21. The van der Waals surface area contributed by atoms with Crippen LogP contribution in [0.1, 0.15) is 19.4 Å². The Hall–Kier alpha value is -2.09. The summed E-state index contributed by atoms with van der Waals surface area (Å²) in [7, 11) is -3.57. The Labute approximate surface area is 165 Å². The molecule has 2 aromatic rings. The Morgan fingerprint density at radius 3 is 2.44 bits per heavy atom. The standard InChI is InChI=1S/C19H24ClN3O3S/c1-4-23(5-2)27(25,26)17-8-6-7-16(12-17)22-19(24)13-21-18-10-9-15(20)11-14(18)3/h6-12,21H,4-5,13H2,1-3H3,(H,22,24). The molecule has 0 aliphatic carbocycles. The van der Waals surface area contributed by atoms with Crippen LogP contribution < -0.4 is 10.6 Å². The third-order valence-electron chi connectivity index (χ3n) is 4.09. The third kappa shape index (κ3) is 5.45. The predicted octanol–water partition coefficient (Wildman–Crippen LogP) is 3.73. The summed E-state index contributed by atoms with van der Waals surface area (Å²) >= 11 is 5.92. The molecule has 0 spiro atoms. The smallest absolute Gasteiger partial charge is 0.243 e. The fourth-order valence-corrected chi connectivity index (χ4v) is 4.38. The lowest BCUT2D eigenvalue weighted by atomic mass is 10.2. The lowest BCUT2D eigenvalue weighted by Crippen LogP contribution is -2.30. The minimum atomic E-state index is -3.57. The Morgan fingerprint density at radius 2 is 1.81 bits per heavy atom. The average Bonchev–Trinajstić information content (AvgIpc) is 2.62. The summed E-state index contributed by atoms with van der Waals surface area (Å²) in [5.74, 6) is -0.276. The highest BCUT2D eigenvalue weighted by Gasteiger charge is 2.21. The van der Waals surface area contributed by atoms with Crippen LogP contribution in [0.25, 0.3) is 0 Å². The van der Waals surface area contributed by atoms with E-state index in [1.165, 1.54) is 16.4 Å². The maximum absolute atomic E-state index is 12.6. The number of sulfonamides is 1. The summed E-state index contributed by atoms with van der Waals surface area (Å²) < 4.78 is 26.6. The van der Waals surface area contributed by atoms with Gasteiger partial charge in [-0.3, -0.25) is 4.79 Å². The maximum Gasteiger partial charge on any atom is 0.243 e. The van der Waals surface area contributed by atoms with Gasteiger partial charge in [0.1, 0.15) is 0 Å². The molecule has 0 radical (unpaired) electrons. The van der Waals surface area contributed by atoms with E-state index >= 15 is 0 Å². The molecule has 0 aliphatic heterocycles. The van der Waals surface area contributed by atoms with Gasteiger partial charge in [0, 0.05) is 29.5 Å². The zero-order chi connectivity index (χ0) is 20.0. The summed E-state index contributed by atoms with van der Waals surface area (Å²) in [6.07, 6.45) is 0. The van der Waals surface area contributed by atoms with Crippen LogP contribution in [0.5, 0.6) is 0 Å². The number of carbonyl (C=O) groups excluding carboxylic acids is 1. The molecule has 0 unspecified atom stereocenters. The van der Waals surface area contributed by atoms with Crippen LogP contribution in [0.15, 0.2) is 47.4 Å². The highest BCUT2D eigenvalue weighted by Crippen LogP contribution is 2.21. The van der Waals surface area contributed by atoms with E-state index in [0.717, 1.165) is 11.3 Å². The number of amides is 1. The molecular weight excluding hydrogens is 386 g/mol. The molecule has 0 fully saturated rings. The second-order valence-corrected chi connectivity index (χ2v) is 8.35. The van der Waals surface area contributed by atoms with Crippen molar-refractivity contribution >= 4 is 38.9 Å². The highest BCUT2D eigenvalue weighted by atomic mass is 35.5. The molecule has 0 atom stereocenters. The highest BCUT2D eigenvalue weighted by molar-refractivity contribution is 7.89. The summed E-state index contributed by atoms with van der Waals surface area (Å²) in [6, 6.07) is 11.6. The molecule has 0 bridgehead atoms. The van der Waals surface area contributed by atoms with Crippen molar-refractivity contribution < 1.29 is 13.2 Å². The van der Waals surface area contributed by atoms with Crippen molar-refractivity contribution in [2.45, 2.75) is 25.7 Å². The Morgan fingerprint density at radius 1 is 1.11 bits per heavy atom. The van der Waals surface area contributed by atoms with E-state index < -0.39 is 10.0 Å². The first-order valence-corrected chi connectivity index (χ1v) is 10.5. The van der Waals surface area contributed by atoms with Gasteiger partial charge in [0.25, 0.3) is 0 Å². The molecule has 0 saturated heterocycles. The maximum atomic E-state index is 12.6. The SMILES string of the molecule is CCN(CC)S(=O)(=O)c1cccc(NC(=O)CNc2ccc(Cl)cc2C)c1. The van der Waals surface area contributed by atoms with Gasteiger partial charge >= 0.3 is 0 Å². The van der Waals surface area contributed by atoms with Gasteiger partial charge in [-0.15, -0.1) is 0 Å². The number of aryl methyl sites for hydroxylation is 1. The van der Waals surface area contributed by atoms with Crippen LogP contribution in [0.4, 0.5) is 11.4 Å². The summed E-state index contributed by atoms with van der Waals surface area (Å²) in [4.78, 5) is 12.4. The van der Waals surface area contributed by atoms with Crippen LogP contribution in [0.3, 0.4) is 0 Å². The number of hydrogen-bond donors (Lipinski definition) is 2. The van der Waals surface area contributed by atoms with E-state index in [1.54, 1.807) is 32.0 Å². The predicted molar refractivity (Wildman–Crippen MR) is 110 cm³/mol. The molecular formula is C19H24ClN3O3S. The molecule has 8 heteroatoms. The van der Waals surface area contributed by atoms with Gasteiger partial charge in [-0.05, 0) is 48.9 Å². The van der Waals surface area contributed by atoms with E-state index in [0.29, 0.717) is 23.8 Å². The molecule has 6 nitrogen and oxygen atoms in total. The molecule has 0 saturated carbocycles. The van der Waals surface area contributed by atoms with Crippen LogP contribution in [0.2, 0.25) is 5.02 Å². The summed E-state index contributed by atoms with van der Waals surface area (Å²) in [5.41, 5.74) is 2.18. The van der Waals surface area contributed by atoms with Gasteiger partial charge in [-0.2, -0.15) is 4.31 Å². The van der Waals surface area contributed by atoms with Crippen LogP contribution >= 0.6 is 11.6 Å². The molecule has 2 aromatic carbocycles. The van der Waals surface area contributed by atoms with Crippen molar-refractivity contribution in [3.63, 3.8) is 0 Å². The number of benzene rings is 2. The first-order chi connectivity index (χ1) is 12.8. The lowest BCUT2D eigenvalue weighted by molar-refractivity contribution is -0.114. The van der Waals surface area contributed by atoms with Gasteiger partial charge in [0.05, 0.1) is 11.4 Å². The zero-order valence-corrected chi connectivity index (χ0v) is 17.2. The van der Waals surface area contributed by atoms with Crippen molar-refractivity contribution in [2.75, 3.05) is 30.3 Å². The van der Waals surface area contributed by atoms with Gasteiger partial charge in [-0.1, -0.05) is 31.5 Å². The number of carbonyl (C=O) groups is 1. The molecule has 2 rings (SSSR count). The van der Waals surface area contributed by atoms with E-state index in [9.17, 15) is 13.2 Å². The van der Waals surface area contributed by atoms with Gasteiger partial charge in [-0.25, -0.2) is 8.42 Å². The van der Waals surface area contributed by atoms with Crippen LogP contribution in [0, 0.1) is 6.92 Å². The number of anilines is 2. The van der Waals surface area contributed by atoms with Gasteiger partial charge < -0.3 is 10.6 Å². The molecule has 0 aromatic heterocycles. The molecule has 27 heavy (non-hydrogen) atoms. The lowest BCUT2D eigenvalue weighted by Gasteiger charge is -2.19. The van der Waals surface area contributed by atoms with Crippen LogP contribution in [-0.4, -0.2) is 38.3 Å². The van der Waals surface area contributed by atoms with Crippen molar-refractivity contribution in [2.24, 2.45) is 0 Å². The Balaban J connectivity index is 2.06. The third-order valence-corrected chi connectivity index (χ3v) is 6.37. The molecule has 1 amide bonds. The average molecular weight is 410 g/mol. The fourth-order valence-electron chi connectivity index (χ4n) is 2.65. The Bertz CT molecular complexity index is 912. The number of nitrogens with zero attached hydrogens (tertiary/aromatic N) is 1. The fraction of sp³-hybridized carbons (Fsp3) is 0.316. The minimum Gasteiger partial charge on any atom is -0.376 e. The van der Waals surface area contributed by atoms with Gasteiger partial charge in [0.2, 0.25) is 15.9 Å². The molecule has 0 heterocycles. The quantitative estimate of drug-likeness (QED) is 0.696. The first-order valence-electron chi connectivity index (χ1n) is 8.68. The zero-order valence-electron chi connectivity index (χ0n) is 15.6. The van der Waals surface area contributed by atoms with Crippen molar-refractivity contribution in [3.8, 4) is 0 Å². The van der Waals surface area contributed by atoms with Crippen molar-refractivity contribution in [3.05, 3.63) is 53.1 Å². The van der Waals surface area contributed by atoms with E-state index in [4.69, 9.17) is 11.6 Å². The van der Waals surface area contributed by atoms with Gasteiger partial charge in [0.15, 0.2) is 0 Å². The monoisotopic (exact) mass is 409 g/mol. The van der Waals surface area contributed by atoms with E-state index in [-0.39, 0.29) is 17.3 Å². The molecule has 0 aliphatic rings. The summed E-state index contributed by atoms with van der Waals surface area (Å²) in [6.45, 7) is 6.30. The minimum absolute atomic E-state index is 0.0511. The molecule has 2 N–H and O–H groups in total. The summed E-state index contributed by atoms with van der Waals surface area (Å²) in [5, 5.41) is 6.40. The van der Waals surface area contributed by atoms with E-state index in [2.05, 4.69) is 10.6 Å².